The second-order valence-electron chi connectivity index (χ2n) is 5.69. The third kappa shape index (κ3) is 3.64. The molecule has 4 heteroatoms. The molecule has 1 aromatic rings. The number of hydrogen-bond donors (Lipinski definition) is 2. The summed E-state index contributed by atoms with van der Waals surface area (Å²) in [6.45, 7) is 4.81. The minimum atomic E-state index is 0.157. The number of ether oxygens (including phenoxy) is 1. The van der Waals surface area contributed by atoms with Crippen molar-refractivity contribution in [1.29, 1.82) is 0 Å². The summed E-state index contributed by atoms with van der Waals surface area (Å²) in [5.41, 5.74) is 2.01. The molecule has 1 heterocycles. The van der Waals surface area contributed by atoms with E-state index < -0.39 is 0 Å². The molecule has 112 valence electrons. The first-order valence-electron chi connectivity index (χ1n) is 7.41. The SMILES string of the molecule is CNC(C)c1ccc(N(C)CC2CCOCC2)cc1O. The summed E-state index contributed by atoms with van der Waals surface area (Å²) in [6.07, 6.45) is 2.26. The van der Waals surface area contributed by atoms with E-state index in [9.17, 15) is 5.11 Å². The van der Waals surface area contributed by atoms with Crippen LogP contribution in [0.1, 0.15) is 31.4 Å². The lowest BCUT2D eigenvalue weighted by Crippen LogP contribution is -2.29. The van der Waals surface area contributed by atoms with E-state index in [-0.39, 0.29) is 6.04 Å². The summed E-state index contributed by atoms with van der Waals surface area (Å²) in [5.74, 6) is 1.05. The molecular formula is C16H26N2O2. The first-order chi connectivity index (χ1) is 9.61. The lowest BCUT2D eigenvalue weighted by molar-refractivity contribution is 0.0685. The minimum Gasteiger partial charge on any atom is -0.508 e. The van der Waals surface area contributed by atoms with Gasteiger partial charge in [-0.25, -0.2) is 0 Å². The van der Waals surface area contributed by atoms with Crippen molar-refractivity contribution < 1.29 is 9.84 Å². The molecule has 20 heavy (non-hydrogen) atoms. The van der Waals surface area contributed by atoms with Crippen LogP contribution in [0.25, 0.3) is 0 Å². The smallest absolute Gasteiger partial charge is 0.122 e. The van der Waals surface area contributed by atoms with E-state index in [1.165, 1.54) is 0 Å². The van der Waals surface area contributed by atoms with Crippen LogP contribution in [0, 0.1) is 5.92 Å². The number of benzene rings is 1. The molecule has 1 aromatic carbocycles. The van der Waals surface area contributed by atoms with Crippen molar-refractivity contribution in [2.75, 3.05) is 38.8 Å². The topological polar surface area (TPSA) is 44.7 Å². The summed E-state index contributed by atoms with van der Waals surface area (Å²) >= 11 is 0. The fourth-order valence-corrected chi connectivity index (χ4v) is 2.71. The molecule has 0 aromatic heterocycles. The zero-order valence-electron chi connectivity index (χ0n) is 12.7. The molecule has 0 bridgehead atoms. The van der Waals surface area contributed by atoms with Crippen LogP contribution in [0.3, 0.4) is 0 Å². The van der Waals surface area contributed by atoms with Gasteiger partial charge >= 0.3 is 0 Å². The predicted octanol–water partition coefficient (Wildman–Crippen LogP) is 2.54. The van der Waals surface area contributed by atoms with Gasteiger partial charge in [0.1, 0.15) is 5.75 Å². The normalized spacial score (nSPS) is 17.9. The van der Waals surface area contributed by atoms with Crippen molar-refractivity contribution in [3.05, 3.63) is 23.8 Å². The molecule has 1 fully saturated rings. The Labute approximate surface area is 121 Å². The molecule has 0 radical (unpaired) electrons. The van der Waals surface area contributed by atoms with Crippen LogP contribution in [-0.2, 0) is 4.74 Å². The highest BCUT2D eigenvalue weighted by Gasteiger charge is 2.17. The second-order valence-corrected chi connectivity index (χ2v) is 5.69. The molecular weight excluding hydrogens is 252 g/mol. The van der Waals surface area contributed by atoms with Crippen molar-refractivity contribution in [3.8, 4) is 5.75 Å². The Morgan fingerprint density at radius 3 is 2.70 bits per heavy atom. The molecule has 2 N–H and O–H groups in total. The van der Waals surface area contributed by atoms with Crippen molar-refractivity contribution >= 4 is 5.69 Å². The highest BCUT2D eigenvalue weighted by Crippen LogP contribution is 2.29. The van der Waals surface area contributed by atoms with Crippen molar-refractivity contribution in [2.45, 2.75) is 25.8 Å². The monoisotopic (exact) mass is 278 g/mol. The molecule has 0 spiro atoms. The van der Waals surface area contributed by atoms with E-state index in [0.717, 1.165) is 43.9 Å². The number of phenols is 1. The van der Waals surface area contributed by atoms with E-state index in [1.807, 2.05) is 26.1 Å². The van der Waals surface area contributed by atoms with Gasteiger partial charge in [0.2, 0.25) is 0 Å². The molecule has 1 aliphatic rings. The van der Waals surface area contributed by atoms with Crippen LogP contribution in [0.2, 0.25) is 0 Å². The summed E-state index contributed by atoms with van der Waals surface area (Å²) in [5, 5.41) is 13.3. The van der Waals surface area contributed by atoms with E-state index in [0.29, 0.717) is 11.7 Å². The van der Waals surface area contributed by atoms with Gasteiger partial charge in [-0.3, -0.25) is 0 Å². The highest BCUT2D eigenvalue weighted by molar-refractivity contribution is 5.53. The Balaban J connectivity index is 2.02. The third-order valence-electron chi connectivity index (χ3n) is 4.23. The number of nitrogens with one attached hydrogen (secondary N) is 1. The average molecular weight is 278 g/mol. The zero-order chi connectivity index (χ0) is 14.5. The number of nitrogens with zero attached hydrogens (tertiary/aromatic N) is 1. The third-order valence-corrected chi connectivity index (χ3v) is 4.23. The van der Waals surface area contributed by atoms with Crippen LogP contribution >= 0.6 is 0 Å². The zero-order valence-corrected chi connectivity index (χ0v) is 12.7. The maximum Gasteiger partial charge on any atom is 0.122 e. The summed E-state index contributed by atoms with van der Waals surface area (Å²) < 4.78 is 5.40. The first kappa shape index (κ1) is 15.1. The molecule has 1 saturated heterocycles. The van der Waals surface area contributed by atoms with Gasteiger partial charge in [0, 0.05) is 50.2 Å². The largest absolute Gasteiger partial charge is 0.508 e. The van der Waals surface area contributed by atoms with Gasteiger partial charge in [-0.1, -0.05) is 6.07 Å². The summed E-state index contributed by atoms with van der Waals surface area (Å²) in [6, 6.07) is 6.11. The Morgan fingerprint density at radius 2 is 2.10 bits per heavy atom. The van der Waals surface area contributed by atoms with Crippen molar-refractivity contribution in [2.24, 2.45) is 5.92 Å². The maximum atomic E-state index is 10.2. The molecule has 1 unspecified atom stereocenters. The minimum absolute atomic E-state index is 0.157. The lowest BCUT2D eigenvalue weighted by Gasteiger charge is -2.29. The van der Waals surface area contributed by atoms with Crippen LogP contribution in [-0.4, -0.2) is 39.0 Å². The lowest BCUT2D eigenvalue weighted by atomic mass is 9.99. The number of rotatable bonds is 5. The fourth-order valence-electron chi connectivity index (χ4n) is 2.71. The van der Waals surface area contributed by atoms with Gasteiger partial charge in [0.25, 0.3) is 0 Å². The Kier molecular flexibility index (Phi) is 5.26. The van der Waals surface area contributed by atoms with Gasteiger partial charge < -0.3 is 20.1 Å². The summed E-state index contributed by atoms with van der Waals surface area (Å²) in [7, 11) is 3.99. The second kappa shape index (κ2) is 6.95. The van der Waals surface area contributed by atoms with Crippen LogP contribution in [0.5, 0.6) is 5.75 Å². The van der Waals surface area contributed by atoms with Gasteiger partial charge in [-0.2, -0.15) is 0 Å². The van der Waals surface area contributed by atoms with Crippen LogP contribution < -0.4 is 10.2 Å². The number of phenolic OH excluding ortho intramolecular Hbond substituents is 1. The van der Waals surface area contributed by atoms with E-state index in [4.69, 9.17) is 4.74 Å². The molecule has 4 nitrogen and oxygen atoms in total. The number of aromatic hydroxyl groups is 1. The average Bonchev–Trinajstić information content (AvgIpc) is 2.47. The van der Waals surface area contributed by atoms with E-state index in [2.05, 4.69) is 23.3 Å². The molecule has 0 saturated carbocycles. The van der Waals surface area contributed by atoms with Crippen molar-refractivity contribution in [3.63, 3.8) is 0 Å². The standard InChI is InChI=1S/C16H26N2O2/c1-12(17-2)15-5-4-14(10-16(15)19)18(3)11-13-6-8-20-9-7-13/h4-5,10,12-13,17,19H,6-9,11H2,1-3H3. The van der Waals surface area contributed by atoms with E-state index in [1.54, 1.807) is 0 Å². The molecule has 1 aliphatic heterocycles. The van der Waals surface area contributed by atoms with Crippen molar-refractivity contribution in [1.82, 2.24) is 5.32 Å². The highest BCUT2D eigenvalue weighted by atomic mass is 16.5. The molecule has 1 atom stereocenters. The van der Waals surface area contributed by atoms with Gasteiger partial charge in [0.05, 0.1) is 0 Å². The Hall–Kier alpha value is -1.26. The fraction of sp³-hybridized carbons (Fsp3) is 0.625. The number of anilines is 1. The number of hydrogen-bond acceptors (Lipinski definition) is 4. The quantitative estimate of drug-likeness (QED) is 0.869. The van der Waals surface area contributed by atoms with Gasteiger partial charge in [-0.15, -0.1) is 0 Å². The summed E-state index contributed by atoms with van der Waals surface area (Å²) in [4.78, 5) is 2.23. The first-order valence-corrected chi connectivity index (χ1v) is 7.41. The van der Waals surface area contributed by atoms with Gasteiger partial charge in [0.15, 0.2) is 0 Å². The van der Waals surface area contributed by atoms with Crippen LogP contribution in [0.15, 0.2) is 18.2 Å². The Bertz CT molecular complexity index is 430. The maximum absolute atomic E-state index is 10.2. The predicted molar refractivity (Wildman–Crippen MR) is 82.4 cm³/mol. The van der Waals surface area contributed by atoms with Gasteiger partial charge in [-0.05, 0) is 38.8 Å². The van der Waals surface area contributed by atoms with E-state index >= 15 is 0 Å². The molecule has 2 rings (SSSR count). The van der Waals surface area contributed by atoms with Crippen LogP contribution in [0.4, 0.5) is 5.69 Å². The Morgan fingerprint density at radius 1 is 1.40 bits per heavy atom. The molecule has 0 amide bonds. The molecule has 0 aliphatic carbocycles.